The fourth-order valence-corrected chi connectivity index (χ4v) is 2.81. The quantitative estimate of drug-likeness (QED) is 0.899. The Labute approximate surface area is 127 Å². The maximum atomic E-state index is 11.8. The first-order chi connectivity index (χ1) is 9.87. The predicted octanol–water partition coefficient (Wildman–Crippen LogP) is 3.17. The number of hydrogen-bond donors (Lipinski definition) is 2. The lowest BCUT2D eigenvalue weighted by Gasteiger charge is -2.24. The Kier molecular flexibility index (Phi) is 4.88. The van der Waals surface area contributed by atoms with Crippen molar-refractivity contribution in [2.75, 3.05) is 13.1 Å². The van der Waals surface area contributed by atoms with Crippen molar-refractivity contribution in [3.63, 3.8) is 0 Å². The lowest BCUT2D eigenvalue weighted by atomic mass is 9.91. The lowest BCUT2D eigenvalue weighted by molar-refractivity contribution is 0.0518. The highest BCUT2D eigenvalue weighted by molar-refractivity contribution is 5.67. The summed E-state index contributed by atoms with van der Waals surface area (Å²) in [5, 5.41) is 6.44. The Hall–Kier alpha value is -1.55. The van der Waals surface area contributed by atoms with Gasteiger partial charge in [0.05, 0.1) is 0 Å². The number of alkyl carbamates (subject to hydrolysis) is 1. The highest BCUT2D eigenvalue weighted by Crippen LogP contribution is 2.30. The SMILES string of the molecule is Cc1ccccc1C1NCCC1CNC(=O)OC(C)(C)C. The van der Waals surface area contributed by atoms with Crippen LogP contribution in [0.15, 0.2) is 24.3 Å². The molecule has 2 atom stereocenters. The molecule has 1 amide bonds. The van der Waals surface area contributed by atoms with Crippen molar-refractivity contribution in [2.45, 2.75) is 45.8 Å². The largest absolute Gasteiger partial charge is 0.444 e. The van der Waals surface area contributed by atoms with E-state index >= 15 is 0 Å². The standard InChI is InChI=1S/C17H26N2O2/c1-12-7-5-6-8-14(12)15-13(9-10-18-15)11-19-16(20)21-17(2,3)4/h5-8,13,15,18H,9-11H2,1-4H3,(H,19,20). The second-order valence-electron chi connectivity index (χ2n) is 6.72. The molecule has 0 aromatic heterocycles. The number of ether oxygens (including phenoxy) is 1. The van der Waals surface area contributed by atoms with Crippen molar-refractivity contribution in [1.82, 2.24) is 10.6 Å². The van der Waals surface area contributed by atoms with Crippen LogP contribution in [0.25, 0.3) is 0 Å². The van der Waals surface area contributed by atoms with E-state index in [0.29, 0.717) is 18.5 Å². The maximum Gasteiger partial charge on any atom is 0.407 e. The predicted molar refractivity (Wildman–Crippen MR) is 84.3 cm³/mol. The monoisotopic (exact) mass is 290 g/mol. The molecule has 1 heterocycles. The number of amides is 1. The van der Waals surface area contributed by atoms with Gasteiger partial charge >= 0.3 is 6.09 Å². The average molecular weight is 290 g/mol. The van der Waals surface area contributed by atoms with E-state index in [-0.39, 0.29) is 6.09 Å². The van der Waals surface area contributed by atoms with Gasteiger partial charge in [0, 0.05) is 12.6 Å². The summed E-state index contributed by atoms with van der Waals surface area (Å²) in [4.78, 5) is 11.8. The summed E-state index contributed by atoms with van der Waals surface area (Å²) in [6.45, 7) is 9.38. The van der Waals surface area contributed by atoms with Crippen LogP contribution >= 0.6 is 0 Å². The molecule has 1 aromatic carbocycles. The molecule has 0 saturated carbocycles. The number of carbonyl (C=O) groups excluding carboxylic acids is 1. The molecule has 0 bridgehead atoms. The minimum atomic E-state index is -0.451. The van der Waals surface area contributed by atoms with Crippen LogP contribution in [0.5, 0.6) is 0 Å². The molecule has 2 N–H and O–H groups in total. The molecule has 21 heavy (non-hydrogen) atoms. The zero-order chi connectivity index (χ0) is 15.5. The van der Waals surface area contributed by atoms with Crippen LogP contribution < -0.4 is 10.6 Å². The summed E-state index contributed by atoms with van der Waals surface area (Å²) >= 11 is 0. The summed E-state index contributed by atoms with van der Waals surface area (Å²) in [6, 6.07) is 8.73. The Morgan fingerprint density at radius 1 is 1.38 bits per heavy atom. The second kappa shape index (κ2) is 6.48. The first-order valence-electron chi connectivity index (χ1n) is 7.62. The first-order valence-corrected chi connectivity index (χ1v) is 7.62. The molecular weight excluding hydrogens is 264 g/mol. The highest BCUT2D eigenvalue weighted by Gasteiger charge is 2.29. The fraction of sp³-hybridized carbons (Fsp3) is 0.588. The van der Waals surface area contributed by atoms with E-state index in [1.807, 2.05) is 20.8 Å². The fourth-order valence-electron chi connectivity index (χ4n) is 2.81. The van der Waals surface area contributed by atoms with Gasteiger partial charge in [0.2, 0.25) is 0 Å². The number of benzene rings is 1. The average Bonchev–Trinajstić information content (AvgIpc) is 2.83. The molecule has 0 radical (unpaired) electrons. The third kappa shape index (κ3) is 4.46. The minimum Gasteiger partial charge on any atom is -0.444 e. The van der Waals surface area contributed by atoms with Crippen LogP contribution in [-0.2, 0) is 4.74 Å². The van der Waals surface area contributed by atoms with E-state index in [9.17, 15) is 4.79 Å². The lowest BCUT2D eigenvalue weighted by Crippen LogP contribution is -2.36. The van der Waals surface area contributed by atoms with E-state index in [1.165, 1.54) is 11.1 Å². The molecule has 2 rings (SSSR count). The van der Waals surface area contributed by atoms with Crippen molar-refractivity contribution in [1.29, 1.82) is 0 Å². The van der Waals surface area contributed by atoms with Crippen LogP contribution in [0.4, 0.5) is 4.79 Å². The van der Waals surface area contributed by atoms with Crippen LogP contribution in [-0.4, -0.2) is 24.8 Å². The number of rotatable bonds is 3. The number of hydrogen-bond acceptors (Lipinski definition) is 3. The van der Waals surface area contributed by atoms with Gasteiger partial charge < -0.3 is 15.4 Å². The Morgan fingerprint density at radius 3 is 2.76 bits per heavy atom. The van der Waals surface area contributed by atoms with Crippen molar-refractivity contribution in [2.24, 2.45) is 5.92 Å². The third-order valence-electron chi connectivity index (χ3n) is 3.78. The first kappa shape index (κ1) is 15.8. The third-order valence-corrected chi connectivity index (χ3v) is 3.78. The Balaban J connectivity index is 1.94. The number of carbonyl (C=O) groups is 1. The molecule has 116 valence electrons. The van der Waals surface area contributed by atoms with E-state index < -0.39 is 5.60 Å². The molecular formula is C17H26N2O2. The molecule has 1 aromatic rings. The Morgan fingerprint density at radius 2 is 2.10 bits per heavy atom. The van der Waals surface area contributed by atoms with Gasteiger partial charge in [-0.25, -0.2) is 4.79 Å². The molecule has 2 unspecified atom stereocenters. The summed E-state index contributed by atoms with van der Waals surface area (Å²) in [7, 11) is 0. The van der Waals surface area contributed by atoms with Gasteiger partial charge in [-0.15, -0.1) is 0 Å². The molecule has 4 nitrogen and oxygen atoms in total. The molecule has 0 aliphatic carbocycles. The molecule has 1 saturated heterocycles. The maximum absolute atomic E-state index is 11.8. The molecule has 1 aliphatic rings. The van der Waals surface area contributed by atoms with Crippen LogP contribution in [0.3, 0.4) is 0 Å². The topological polar surface area (TPSA) is 50.4 Å². The molecule has 1 aliphatic heterocycles. The summed E-state index contributed by atoms with van der Waals surface area (Å²) in [5.41, 5.74) is 2.16. The van der Waals surface area contributed by atoms with Gasteiger partial charge in [0.25, 0.3) is 0 Å². The Bertz CT molecular complexity index is 494. The van der Waals surface area contributed by atoms with Crippen LogP contribution in [0.2, 0.25) is 0 Å². The van der Waals surface area contributed by atoms with Crippen molar-refractivity contribution in [3.8, 4) is 0 Å². The van der Waals surface area contributed by atoms with Crippen molar-refractivity contribution in [3.05, 3.63) is 35.4 Å². The van der Waals surface area contributed by atoms with Gasteiger partial charge in [-0.3, -0.25) is 0 Å². The molecule has 4 heteroatoms. The summed E-state index contributed by atoms with van der Waals surface area (Å²) in [5.74, 6) is 0.401. The van der Waals surface area contributed by atoms with Gasteiger partial charge in [0.1, 0.15) is 5.60 Å². The highest BCUT2D eigenvalue weighted by atomic mass is 16.6. The van der Waals surface area contributed by atoms with Crippen molar-refractivity contribution < 1.29 is 9.53 Å². The van der Waals surface area contributed by atoms with E-state index in [2.05, 4.69) is 41.8 Å². The zero-order valence-corrected chi connectivity index (χ0v) is 13.4. The second-order valence-corrected chi connectivity index (χ2v) is 6.72. The van der Waals surface area contributed by atoms with Gasteiger partial charge in [0.15, 0.2) is 0 Å². The van der Waals surface area contributed by atoms with E-state index in [1.54, 1.807) is 0 Å². The number of nitrogens with one attached hydrogen (secondary N) is 2. The normalized spacial score (nSPS) is 22.1. The smallest absolute Gasteiger partial charge is 0.407 e. The van der Waals surface area contributed by atoms with E-state index in [4.69, 9.17) is 4.74 Å². The number of aryl methyl sites for hydroxylation is 1. The summed E-state index contributed by atoms with van der Waals surface area (Å²) in [6.07, 6.45) is 0.729. The molecule has 0 spiro atoms. The van der Waals surface area contributed by atoms with Gasteiger partial charge in [-0.2, -0.15) is 0 Å². The molecule has 1 fully saturated rings. The van der Waals surface area contributed by atoms with Crippen LogP contribution in [0.1, 0.15) is 44.4 Å². The van der Waals surface area contributed by atoms with Crippen molar-refractivity contribution >= 4 is 6.09 Å². The van der Waals surface area contributed by atoms with Gasteiger partial charge in [-0.1, -0.05) is 24.3 Å². The minimum absolute atomic E-state index is 0.307. The van der Waals surface area contributed by atoms with E-state index in [0.717, 1.165) is 13.0 Å². The summed E-state index contributed by atoms with van der Waals surface area (Å²) < 4.78 is 5.29. The zero-order valence-electron chi connectivity index (χ0n) is 13.4. The van der Waals surface area contributed by atoms with Gasteiger partial charge in [-0.05, 0) is 57.7 Å². The van der Waals surface area contributed by atoms with Crippen LogP contribution in [0, 0.1) is 12.8 Å².